The van der Waals surface area contributed by atoms with Gasteiger partial charge in [-0.05, 0) is 37.9 Å². The zero-order valence-corrected chi connectivity index (χ0v) is 12.6. The van der Waals surface area contributed by atoms with Gasteiger partial charge in [0, 0.05) is 25.8 Å². The highest BCUT2D eigenvalue weighted by molar-refractivity contribution is 7.87. The van der Waals surface area contributed by atoms with E-state index in [4.69, 9.17) is 0 Å². The summed E-state index contributed by atoms with van der Waals surface area (Å²) in [5.41, 5.74) is 0.708. The number of rotatable bonds is 9. The molecule has 20 heavy (non-hydrogen) atoms. The fraction of sp³-hybridized carbons (Fsp3) is 0.615. The van der Waals surface area contributed by atoms with E-state index in [0.29, 0.717) is 18.3 Å². The van der Waals surface area contributed by atoms with Crippen LogP contribution in [0, 0.1) is 0 Å². The maximum Gasteiger partial charge on any atom is 0.279 e. The molecular weight excluding hydrogens is 276 g/mol. The Bertz CT molecular complexity index is 502. The van der Waals surface area contributed by atoms with Gasteiger partial charge >= 0.3 is 0 Å². The summed E-state index contributed by atoms with van der Waals surface area (Å²) in [5.74, 6) is 0. The maximum absolute atomic E-state index is 12.0. The third-order valence-corrected chi connectivity index (χ3v) is 4.74. The second-order valence-corrected chi connectivity index (χ2v) is 6.91. The molecule has 0 aromatic carbocycles. The van der Waals surface area contributed by atoms with Gasteiger partial charge in [0.1, 0.15) is 0 Å². The van der Waals surface area contributed by atoms with Gasteiger partial charge in [-0.2, -0.15) is 17.4 Å². The van der Waals surface area contributed by atoms with Gasteiger partial charge in [0.05, 0.1) is 12.2 Å². The molecule has 7 heteroatoms. The largest absolute Gasteiger partial charge is 0.314 e. The van der Waals surface area contributed by atoms with E-state index in [-0.39, 0.29) is 6.54 Å². The van der Waals surface area contributed by atoms with Crippen LogP contribution >= 0.6 is 0 Å². The maximum atomic E-state index is 12.0. The summed E-state index contributed by atoms with van der Waals surface area (Å²) in [6.45, 7) is 1.59. The molecule has 2 N–H and O–H groups in total. The van der Waals surface area contributed by atoms with E-state index in [1.165, 1.54) is 17.1 Å². The van der Waals surface area contributed by atoms with E-state index in [0.717, 1.165) is 13.0 Å². The molecule has 1 aromatic rings. The zero-order valence-electron chi connectivity index (χ0n) is 11.7. The summed E-state index contributed by atoms with van der Waals surface area (Å²) >= 11 is 0. The van der Waals surface area contributed by atoms with Crippen LogP contribution in [0.3, 0.4) is 0 Å². The van der Waals surface area contributed by atoms with E-state index in [2.05, 4.69) is 15.0 Å². The lowest BCUT2D eigenvalue weighted by atomic mass is 10.4. The molecule has 1 aliphatic carbocycles. The highest BCUT2D eigenvalue weighted by atomic mass is 32.2. The van der Waals surface area contributed by atoms with E-state index < -0.39 is 10.2 Å². The number of pyridine rings is 1. The average molecular weight is 298 g/mol. The third-order valence-electron chi connectivity index (χ3n) is 3.23. The van der Waals surface area contributed by atoms with Gasteiger partial charge in [0.15, 0.2) is 0 Å². The van der Waals surface area contributed by atoms with Crippen LogP contribution in [-0.2, 0) is 16.8 Å². The van der Waals surface area contributed by atoms with Gasteiger partial charge in [-0.1, -0.05) is 6.07 Å². The zero-order chi connectivity index (χ0) is 14.4. The molecule has 0 amide bonds. The van der Waals surface area contributed by atoms with Gasteiger partial charge in [-0.25, -0.2) is 0 Å². The third kappa shape index (κ3) is 5.16. The first kappa shape index (κ1) is 15.4. The quantitative estimate of drug-likeness (QED) is 0.651. The Labute approximate surface area is 120 Å². The van der Waals surface area contributed by atoms with Crippen molar-refractivity contribution in [1.82, 2.24) is 19.3 Å². The summed E-state index contributed by atoms with van der Waals surface area (Å²) in [7, 11) is -1.83. The van der Waals surface area contributed by atoms with Gasteiger partial charge in [-0.3, -0.25) is 4.98 Å². The van der Waals surface area contributed by atoms with Crippen molar-refractivity contribution in [3.05, 3.63) is 30.1 Å². The molecule has 0 atom stereocenters. The molecule has 112 valence electrons. The fourth-order valence-corrected chi connectivity index (χ4v) is 2.71. The molecule has 6 nitrogen and oxygen atoms in total. The van der Waals surface area contributed by atoms with Gasteiger partial charge in [-0.15, -0.1) is 0 Å². The smallest absolute Gasteiger partial charge is 0.279 e. The lowest BCUT2D eigenvalue weighted by molar-refractivity contribution is 0.443. The Kier molecular flexibility index (Phi) is 5.47. The molecule has 0 spiro atoms. The molecule has 1 aliphatic rings. The van der Waals surface area contributed by atoms with Crippen LogP contribution in [0.1, 0.15) is 25.0 Å². The Morgan fingerprint density at radius 1 is 1.40 bits per heavy atom. The molecule has 0 unspecified atom stereocenters. The van der Waals surface area contributed by atoms with Crippen molar-refractivity contribution in [2.24, 2.45) is 0 Å². The summed E-state index contributed by atoms with van der Waals surface area (Å²) in [6.07, 6.45) is 4.97. The minimum atomic E-state index is -3.43. The molecule has 1 saturated carbocycles. The van der Waals surface area contributed by atoms with Crippen LogP contribution in [-0.4, -0.2) is 43.9 Å². The minimum absolute atomic E-state index is 0.216. The van der Waals surface area contributed by atoms with Crippen molar-refractivity contribution < 1.29 is 8.42 Å². The summed E-state index contributed by atoms with van der Waals surface area (Å²) in [5, 5.41) is 3.37. The van der Waals surface area contributed by atoms with Gasteiger partial charge in [0.25, 0.3) is 10.2 Å². The predicted octanol–water partition coefficient (Wildman–Crippen LogP) is 0.490. The highest BCUT2D eigenvalue weighted by Gasteiger charge is 2.20. The second-order valence-electron chi connectivity index (χ2n) is 5.05. The van der Waals surface area contributed by atoms with Crippen LogP contribution in [0.5, 0.6) is 0 Å². The number of aromatic nitrogens is 1. The molecule has 1 fully saturated rings. The Morgan fingerprint density at radius 2 is 2.20 bits per heavy atom. The van der Waals surface area contributed by atoms with Gasteiger partial charge < -0.3 is 5.32 Å². The molecular formula is C13H22N4O2S. The molecule has 0 aliphatic heterocycles. The Morgan fingerprint density at radius 3 is 2.85 bits per heavy atom. The van der Waals surface area contributed by atoms with Crippen LogP contribution < -0.4 is 10.0 Å². The number of hydrogen-bond donors (Lipinski definition) is 2. The minimum Gasteiger partial charge on any atom is -0.314 e. The molecule has 0 saturated heterocycles. The molecule has 1 heterocycles. The van der Waals surface area contributed by atoms with E-state index >= 15 is 0 Å². The predicted molar refractivity (Wildman–Crippen MR) is 78.3 cm³/mol. The van der Waals surface area contributed by atoms with Crippen molar-refractivity contribution in [3.8, 4) is 0 Å². The topological polar surface area (TPSA) is 74.3 Å². The van der Waals surface area contributed by atoms with E-state index in [9.17, 15) is 8.42 Å². The first-order valence-corrected chi connectivity index (χ1v) is 8.36. The lowest BCUT2D eigenvalue weighted by Gasteiger charge is -2.17. The van der Waals surface area contributed by atoms with Crippen LogP contribution in [0.2, 0.25) is 0 Å². The lowest BCUT2D eigenvalue weighted by Crippen LogP contribution is -2.39. The fourth-order valence-electron chi connectivity index (χ4n) is 1.79. The van der Waals surface area contributed by atoms with Crippen LogP contribution in [0.25, 0.3) is 0 Å². The molecule has 0 bridgehead atoms. The second kappa shape index (κ2) is 7.12. The normalized spacial score (nSPS) is 15.7. The Balaban J connectivity index is 1.70. The van der Waals surface area contributed by atoms with Crippen LogP contribution in [0.15, 0.2) is 24.4 Å². The first-order valence-electron chi connectivity index (χ1n) is 6.92. The molecule has 1 aromatic heterocycles. The van der Waals surface area contributed by atoms with E-state index in [1.54, 1.807) is 25.4 Å². The van der Waals surface area contributed by atoms with Crippen molar-refractivity contribution in [2.45, 2.75) is 31.8 Å². The summed E-state index contributed by atoms with van der Waals surface area (Å²) < 4.78 is 27.9. The standard InChI is InChI=1S/C13H22N4O2S/c1-17(10-4-9-14-12-6-7-12)20(18,19)16-11-13-5-2-3-8-15-13/h2-3,5,8,12,14,16H,4,6-7,9-11H2,1H3. The van der Waals surface area contributed by atoms with Crippen molar-refractivity contribution in [2.75, 3.05) is 20.1 Å². The van der Waals surface area contributed by atoms with Crippen molar-refractivity contribution in [1.29, 1.82) is 0 Å². The molecule has 0 radical (unpaired) electrons. The average Bonchev–Trinajstić information content (AvgIpc) is 3.26. The van der Waals surface area contributed by atoms with Crippen LogP contribution in [0.4, 0.5) is 0 Å². The van der Waals surface area contributed by atoms with Gasteiger partial charge in [0.2, 0.25) is 0 Å². The first-order chi connectivity index (χ1) is 9.58. The summed E-state index contributed by atoms with van der Waals surface area (Å²) in [6, 6.07) is 6.10. The van der Waals surface area contributed by atoms with Crippen molar-refractivity contribution >= 4 is 10.2 Å². The number of hydrogen-bond acceptors (Lipinski definition) is 4. The summed E-state index contributed by atoms with van der Waals surface area (Å²) in [4.78, 5) is 4.09. The Hall–Kier alpha value is -1.02. The van der Waals surface area contributed by atoms with E-state index in [1.807, 2.05) is 6.07 Å². The SMILES string of the molecule is CN(CCCNC1CC1)S(=O)(=O)NCc1ccccn1. The monoisotopic (exact) mass is 298 g/mol. The number of nitrogens with one attached hydrogen (secondary N) is 2. The highest BCUT2D eigenvalue weighted by Crippen LogP contribution is 2.18. The van der Waals surface area contributed by atoms with Crippen molar-refractivity contribution in [3.63, 3.8) is 0 Å². The molecule has 2 rings (SSSR count). The number of nitrogens with zero attached hydrogens (tertiary/aromatic N) is 2.